The van der Waals surface area contributed by atoms with Gasteiger partial charge in [-0.1, -0.05) is 6.07 Å². The highest BCUT2D eigenvalue weighted by molar-refractivity contribution is 9.10. The highest BCUT2D eigenvalue weighted by Crippen LogP contribution is 2.31. The van der Waals surface area contributed by atoms with E-state index in [9.17, 15) is 13.2 Å². The average Bonchev–Trinajstić information content (AvgIpc) is 2.60. The van der Waals surface area contributed by atoms with E-state index in [-0.39, 0.29) is 11.8 Å². The molecule has 0 aliphatic heterocycles. The first-order valence-electron chi connectivity index (χ1n) is 4.78. The third-order valence-electron chi connectivity index (χ3n) is 2.03. The number of alkyl halides is 3. The van der Waals surface area contributed by atoms with Gasteiger partial charge in [0.2, 0.25) is 11.8 Å². The number of ether oxygens (including phenoxy) is 1. The Morgan fingerprint density at radius 1 is 1.33 bits per heavy atom. The van der Waals surface area contributed by atoms with E-state index in [0.29, 0.717) is 4.60 Å². The van der Waals surface area contributed by atoms with Crippen molar-refractivity contribution in [3.63, 3.8) is 0 Å². The van der Waals surface area contributed by atoms with Gasteiger partial charge in [0.05, 0.1) is 0 Å². The fourth-order valence-electron chi connectivity index (χ4n) is 1.24. The van der Waals surface area contributed by atoms with Gasteiger partial charge in [-0.2, -0.15) is 18.3 Å². The fraction of sp³-hybridized carbons (Fsp3) is 0.200. The molecule has 0 unspecified atom stereocenters. The average molecular weight is 322 g/mol. The number of aromatic nitrogens is 3. The lowest BCUT2D eigenvalue weighted by Crippen LogP contribution is -2.06. The second-order valence-electron chi connectivity index (χ2n) is 3.39. The van der Waals surface area contributed by atoms with Crippen LogP contribution < -0.4 is 4.74 Å². The van der Waals surface area contributed by atoms with Crippen LogP contribution in [-0.2, 0) is 13.2 Å². The Kier molecular flexibility index (Phi) is 3.29. The lowest BCUT2D eigenvalue weighted by atomic mass is 10.4. The maximum absolute atomic E-state index is 12.4. The van der Waals surface area contributed by atoms with Crippen LogP contribution in [0.4, 0.5) is 13.2 Å². The third-order valence-corrected chi connectivity index (χ3v) is 2.47. The molecule has 2 aromatic heterocycles. The first-order chi connectivity index (χ1) is 8.36. The maximum Gasteiger partial charge on any atom is 0.435 e. The van der Waals surface area contributed by atoms with Gasteiger partial charge in [0.25, 0.3) is 0 Å². The SMILES string of the molecule is Cn1nc(C(F)(F)F)cc1Oc1cccc(Br)n1. The molecule has 8 heteroatoms. The molecule has 2 rings (SSSR count). The molecule has 0 radical (unpaired) electrons. The van der Waals surface area contributed by atoms with E-state index >= 15 is 0 Å². The molecule has 96 valence electrons. The van der Waals surface area contributed by atoms with Crippen molar-refractivity contribution in [3.05, 3.63) is 34.6 Å². The van der Waals surface area contributed by atoms with Crippen LogP contribution in [-0.4, -0.2) is 14.8 Å². The molecule has 0 aromatic carbocycles. The van der Waals surface area contributed by atoms with E-state index in [1.54, 1.807) is 12.1 Å². The summed E-state index contributed by atoms with van der Waals surface area (Å²) in [6.45, 7) is 0. The number of rotatable bonds is 2. The van der Waals surface area contributed by atoms with Gasteiger partial charge in [-0.25, -0.2) is 9.67 Å². The quantitative estimate of drug-likeness (QED) is 0.796. The molecule has 0 bridgehead atoms. The molecule has 0 saturated carbocycles. The Morgan fingerprint density at radius 3 is 2.61 bits per heavy atom. The van der Waals surface area contributed by atoms with Crippen LogP contribution in [0.3, 0.4) is 0 Å². The van der Waals surface area contributed by atoms with Crippen molar-refractivity contribution in [2.45, 2.75) is 6.18 Å². The summed E-state index contributed by atoms with van der Waals surface area (Å²) in [5.74, 6) is 0.147. The summed E-state index contributed by atoms with van der Waals surface area (Å²) in [6, 6.07) is 5.69. The topological polar surface area (TPSA) is 39.9 Å². The van der Waals surface area contributed by atoms with E-state index in [4.69, 9.17) is 4.74 Å². The maximum atomic E-state index is 12.4. The zero-order valence-corrected chi connectivity index (χ0v) is 10.7. The predicted octanol–water partition coefficient (Wildman–Crippen LogP) is 3.39. The van der Waals surface area contributed by atoms with Crippen molar-refractivity contribution >= 4 is 15.9 Å². The monoisotopic (exact) mass is 321 g/mol. The van der Waals surface area contributed by atoms with Crippen LogP contribution in [0.1, 0.15) is 5.69 Å². The molecule has 0 atom stereocenters. The van der Waals surface area contributed by atoms with Gasteiger partial charge in [-0.3, -0.25) is 0 Å². The number of hydrogen-bond donors (Lipinski definition) is 0. The van der Waals surface area contributed by atoms with Gasteiger partial charge in [0.15, 0.2) is 5.69 Å². The molecule has 0 amide bonds. The summed E-state index contributed by atoms with van der Waals surface area (Å²) >= 11 is 3.14. The number of hydrogen-bond acceptors (Lipinski definition) is 3. The zero-order chi connectivity index (χ0) is 13.3. The number of nitrogens with zero attached hydrogens (tertiary/aromatic N) is 3. The standard InChI is InChI=1S/C10H7BrF3N3O/c1-17-9(5-6(16-17)10(12,13)14)18-8-4-2-3-7(11)15-8/h2-5H,1H3. The van der Waals surface area contributed by atoms with Gasteiger partial charge in [-0.05, 0) is 22.0 Å². The van der Waals surface area contributed by atoms with E-state index in [2.05, 4.69) is 26.0 Å². The second kappa shape index (κ2) is 4.60. The van der Waals surface area contributed by atoms with Crippen LogP contribution in [0, 0.1) is 0 Å². The lowest BCUT2D eigenvalue weighted by molar-refractivity contribution is -0.141. The van der Waals surface area contributed by atoms with Gasteiger partial charge in [0, 0.05) is 19.2 Å². The molecule has 0 aliphatic carbocycles. The lowest BCUT2D eigenvalue weighted by Gasteiger charge is -2.03. The molecule has 2 heterocycles. The van der Waals surface area contributed by atoms with Crippen LogP contribution in [0.25, 0.3) is 0 Å². The third kappa shape index (κ3) is 2.81. The van der Waals surface area contributed by atoms with Crippen LogP contribution in [0.5, 0.6) is 11.8 Å². The van der Waals surface area contributed by atoms with E-state index in [0.717, 1.165) is 10.7 Å². The van der Waals surface area contributed by atoms with Gasteiger partial charge in [-0.15, -0.1) is 0 Å². The minimum Gasteiger partial charge on any atom is -0.421 e. The van der Waals surface area contributed by atoms with Crippen LogP contribution in [0.2, 0.25) is 0 Å². The van der Waals surface area contributed by atoms with E-state index in [1.807, 2.05) is 0 Å². The summed E-state index contributed by atoms with van der Waals surface area (Å²) < 4.78 is 44.0. The first kappa shape index (κ1) is 12.9. The van der Waals surface area contributed by atoms with Gasteiger partial charge in [0.1, 0.15) is 4.60 Å². The predicted molar refractivity (Wildman–Crippen MR) is 60.2 cm³/mol. The van der Waals surface area contributed by atoms with Crippen molar-refractivity contribution < 1.29 is 17.9 Å². The second-order valence-corrected chi connectivity index (χ2v) is 4.20. The Labute approximate surface area is 109 Å². The Hall–Kier alpha value is -1.57. The van der Waals surface area contributed by atoms with Crippen molar-refractivity contribution in [2.75, 3.05) is 0 Å². The molecule has 4 nitrogen and oxygen atoms in total. The number of halogens is 4. The Balaban J connectivity index is 2.27. The Morgan fingerprint density at radius 2 is 2.06 bits per heavy atom. The van der Waals surface area contributed by atoms with E-state index in [1.165, 1.54) is 13.1 Å². The van der Waals surface area contributed by atoms with Gasteiger partial charge >= 0.3 is 6.18 Å². The summed E-state index contributed by atoms with van der Waals surface area (Å²) in [7, 11) is 1.36. The summed E-state index contributed by atoms with van der Waals surface area (Å²) in [6.07, 6.45) is -4.50. The summed E-state index contributed by atoms with van der Waals surface area (Å²) in [5.41, 5.74) is -1.00. The Bertz CT molecular complexity index is 568. The zero-order valence-electron chi connectivity index (χ0n) is 9.07. The molecule has 0 N–H and O–H groups in total. The minimum atomic E-state index is -4.50. The molecule has 2 aromatic rings. The highest BCUT2D eigenvalue weighted by Gasteiger charge is 2.35. The first-order valence-corrected chi connectivity index (χ1v) is 5.57. The van der Waals surface area contributed by atoms with Gasteiger partial charge < -0.3 is 4.74 Å². The summed E-state index contributed by atoms with van der Waals surface area (Å²) in [4.78, 5) is 3.95. The van der Waals surface area contributed by atoms with E-state index < -0.39 is 11.9 Å². The normalized spacial score (nSPS) is 11.6. The number of aryl methyl sites for hydroxylation is 1. The van der Waals surface area contributed by atoms with Crippen LogP contribution in [0.15, 0.2) is 28.9 Å². The molecule has 0 fully saturated rings. The molecule has 18 heavy (non-hydrogen) atoms. The molecular weight excluding hydrogens is 315 g/mol. The summed E-state index contributed by atoms with van der Waals surface area (Å²) in [5, 5.41) is 3.33. The molecule has 0 aliphatic rings. The van der Waals surface area contributed by atoms with Crippen molar-refractivity contribution in [1.82, 2.24) is 14.8 Å². The highest BCUT2D eigenvalue weighted by atomic mass is 79.9. The largest absolute Gasteiger partial charge is 0.435 e. The van der Waals surface area contributed by atoms with Crippen molar-refractivity contribution in [1.29, 1.82) is 0 Å². The fourth-order valence-corrected chi connectivity index (χ4v) is 1.57. The molecule has 0 spiro atoms. The minimum absolute atomic E-state index is 0.0343. The van der Waals surface area contributed by atoms with Crippen LogP contribution >= 0.6 is 15.9 Å². The number of pyridine rings is 1. The van der Waals surface area contributed by atoms with Crippen molar-refractivity contribution in [3.8, 4) is 11.8 Å². The smallest absolute Gasteiger partial charge is 0.421 e. The van der Waals surface area contributed by atoms with Crippen molar-refractivity contribution in [2.24, 2.45) is 7.05 Å². The molecular formula is C10H7BrF3N3O. The molecule has 0 saturated heterocycles.